The van der Waals surface area contributed by atoms with Crippen LogP contribution in [0, 0.1) is 12.8 Å². The predicted molar refractivity (Wildman–Crippen MR) is 68.9 cm³/mol. The van der Waals surface area contributed by atoms with Crippen molar-refractivity contribution in [3.8, 4) is 0 Å². The molecule has 1 fully saturated rings. The Bertz CT molecular complexity index is 417. The lowest BCUT2D eigenvalue weighted by Gasteiger charge is -2.25. The molecule has 1 unspecified atom stereocenters. The Labute approximate surface area is 111 Å². The highest BCUT2D eigenvalue weighted by atomic mass is 19.4. The lowest BCUT2D eigenvalue weighted by atomic mass is 10.1. The van der Waals surface area contributed by atoms with Crippen molar-refractivity contribution in [2.75, 3.05) is 26.2 Å². The minimum Gasteiger partial charge on any atom is -0.315 e. The number of hydrogen-bond acceptors (Lipinski definition) is 2. The van der Waals surface area contributed by atoms with E-state index in [2.05, 4.69) is 5.32 Å². The molecule has 5 heteroatoms. The maximum absolute atomic E-state index is 12.8. The van der Waals surface area contributed by atoms with Crippen molar-refractivity contribution >= 4 is 0 Å². The molecule has 0 aromatic heterocycles. The third kappa shape index (κ3) is 4.21. The van der Waals surface area contributed by atoms with Crippen LogP contribution in [0.2, 0.25) is 0 Å². The summed E-state index contributed by atoms with van der Waals surface area (Å²) in [5.74, 6) is -1.28. The van der Waals surface area contributed by atoms with Crippen molar-refractivity contribution in [1.82, 2.24) is 10.2 Å². The topological polar surface area (TPSA) is 15.3 Å². The fraction of sp³-hybridized carbons (Fsp3) is 0.571. The number of rotatable bonds is 2. The minimum absolute atomic E-state index is 0.0216. The molecule has 2 rings (SSSR count). The lowest BCUT2D eigenvalue weighted by molar-refractivity contribution is -0.176. The third-order valence-electron chi connectivity index (χ3n) is 3.43. The first-order valence-electron chi connectivity index (χ1n) is 6.50. The molecule has 19 heavy (non-hydrogen) atoms. The van der Waals surface area contributed by atoms with Crippen LogP contribution in [-0.4, -0.2) is 37.3 Å². The summed E-state index contributed by atoms with van der Waals surface area (Å²) in [7, 11) is 0. The van der Waals surface area contributed by atoms with Crippen LogP contribution in [0.3, 0.4) is 0 Å². The fourth-order valence-corrected chi connectivity index (χ4v) is 2.41. The van der Waals surface area contributed by atoms with Crippen LogP contribution in [-0.2, 0) is 6.54 Å². The highest BCUT2D eigenvalue weighted by molar-refractivity contribution is 5.22. The van der Waals surface area contributed by atoms with E-state index in [1.165, 1.54) is 0 Å². The van der Waals surface area contributed by atoms with Gasteiger partial charge in [0.2, 0.25) is 0 Å². The summed E-state index contributed by atoms with van der Waals surface area (Å²) >= 11 is 0. The zero-order valence-electron chi connectivity index (χ0n) is 11.0. The van der Waals surface area contributed by atoms with Crippen LogP contribution in [0.4, 0.5) is 13.2 Å². The maximum Gasteiger partial charge on any atom is 0.394 e. The molecule has 0 spiro atoms. The molecule has 0 radical (unpaired) electrons. The molecule has 1 N–H and O–H groups in total. The van der Waals surface area contributed by atoms with Gasteiger partial charge < -0.3 is 5.32 Å². The molecule has 0 bridgehead atoms. The summed E-state index contributed by atoms with van der Waals surface area (Å²) in [4.78, 5) is 1.88. The standard InChI is InChI=1S/C14H19F3N2/c1-11-3-2-4-12(7-11)9-19-6-5-18-8-13(10-19)14(15,16)17/h2-4,7,13,18H,5-6,8-10H2,1H3. The molecule has 1 heterocycles. The second kappa shape index (κ2) is 5.92. The minimum atomic E-state index is -4.12. The Kier molecular flexibility index (Phi) is 4.47. The van der Waals surface area contributed by atoms with Crippen LogP contribution >= 0.6 is 0 Å². The number of nitrogens with one attached hydrogen (secondary N) is 1. The van der Waals surface area contributed by atoms with E-state index in [1.807, 2.05) is 36.1 Å². The van der Waals surface area contributed by atoms with Gasteiger partial charge in [0.1, 0.15) is 0 Å². The largest absolute Gasteiger partial charge is 0.394 e. The van der Waals surface area contributed by atoms with Crippen molar-refractivity contribution in [1.29, 1.82) is 0 Å². The quantitative estimate of drug-likeness (QED) is 0.890. The van der Waals surface area contributed by atoms with E-state index >= 15 is 0 Å². The smallest absolute Gasteiger partial charge is 0.315 e. The highest BCUT2D eigenvalue weighted by Crippen LogP contribution is 2.27. The van der Waals surface area contributed by atoms with Gasteiger partial charge in [-0.15, -0.1) is 0 Å². The molecule has 1 aliphatic rings. The van der Waals surface area contributed by atoms with Crippen LogP contribution in [0.25, 0.3) is 0 Å². The van der Waals surface area contributed by atoms with Gasteiger partial charge in [-0.2, -0.15) is 13.2 Å². The van der Waals surface area contributed by atoms with Crippen molar-refractivity contribution in [3.05, 3.63) is 35.4 Å². The van der Waals surface area contributed by atoms with E-state index in [-0.39, 0.29) is 13.1 Å². The first kappa shape index (κ1) is 14.3. The molecule has 1 saturated heterocycles. The number of halogens is 3. The summed E-state index contributed by atoms with van der Waals surface area (Å²) in [6.07, 6.45) is -4.12. The molecular weight excluding hydrogens is 253 g/mol. The normalized spacial score (nSPS) is 22.2. The van der Waals surface area contributed by atoms with E-state index in [0.717, 1.165) is 11.1 Å². The van der Waals surface area contributed by atoms with E-state index in [4.69, 9.17) is 0 Å². The van der Waals surface area contributed by atoms with Crippen LogP contribution in [0.15, 0.2) is 24.3 Å². The van der Waals surface area contributed by atoms with E-state index in [0.29, 0.717) is 19.6 Å². The maximum atomic E-state index is 12.8. The first-order chi connectivity index (χ1) is 8.95. The van der Waals surface area contributed by atoms with Gasteiger partial charge in [0.15, 0.2) is 0 Å². The molecule has 106 valence electrons. The van der Waals surface area contributed by atoms with Gasteiger partial charge >= 0.3 is 6.18 Å². The zero-order valence-corrected chi connectivity index (χ0v) is 11.0. The van der Waals surface area contributed by atoms with E-state index in [1.54, 1.807) is 0 Å². The molecule has 1 atom stereocenters. The Morgan fingerprint density at radius 2 is 2.16 bits per heavy atom. The third-order valence-corrected chi connectivity index (χ3v) is 3.43. The van der Waals surface area contributed by atoms with Crippen molar-refractivity contribution < 1.29 is 13.2 Å². The summed E-state index contributed by atoms with van der Waals surface area (Å²) in [6.45, 7) is 3.93. The van der Waals surface area contributed by atoms with Crippen molar-refractivity contribution in [3.63, 3.8) is 0 Å². The lowest BCUT2D eigenvalue weighted by Crippen LogP contribution is -2.37. The van der Waals surface area contributed by atoms with Gasteiger partial charge in [0, 0.05) is 32.7 Å². The number of alkyl halides is 3. The molecule has 1 aromatic rings. The Morgan fingerprint density at radius 1 is 1.37 bits per heavy atom. The molecule has 1 aromatic carbocycles. The Morgan fingerprint density at radius 3 is 2.84 bits per heavy atom. The van der Waals surface area contributed by atoms with Gasteiger partial charge in [-0.3, -0.25) is 4.90 Å². The monoisotopic (exact) mass is 272 g/mol. The fourth-order valence-electron chi connectivity index (χ4n) is 2.41. The van der Waals surface area contributed by atoms with Crippen molar-refractivity contribution in [2.24, 2.45) is 5.92 Å². The average Bonchev–Trinajstić information content (AvgIpc) is 2.54. The van der Waals surface area contributed by atoms with Gasteiger partial charge in [0.05, 0.1) is 5.92 Å². The summed E-state index contributed by atoms with van der Waals surface area (Å²) in [5, 5.41) is 2.87. The SMILES string of the molecule is Cc1cccc(CN2CCNCC(C(F)(F)F)C2)c1. The number of benzene rings is 1. The average molecular weight is 272 g/mol. The second-order valence-electron chi connectivity index (χ2n) is 5.17. The van der Waals surface area contributed by atoms with Crippen molar-refractivity contribution in [2.45, 2.75) is 19.6 Å². The summed E-state index contributed by atoms with van der Waals surface area (Å²) < 4.78 is 38.5. The van der Waals surface area contributed by atoms with E-state index in [9.17, 15) is 13.2 Å². The number of nitrogens with zero attached hydrogens (tertiary/aromatic N) is 1. The Balaban J connectivity index is 2.02. The molecule has 0 amide bonds. The second-order valence-corrected chi connectivity index (χ2v) is 5.17. The Hall–Kier alpha value is -1.07. The van der Waals surface area contributed by atoms with Gasteiger partial charge in [-0.25, -0.2) is 0 Å². The number of aryl methyl sites for hydroxylation is 1. The molecule has 2 nitrogen and oxygen atoms in total. The predicted octanol–water partition coefficient (Wildman–Crippen LogP) is 2.58. The van der Waals surface area contributed by atoms with Gasteiger partial charge in [-0.05, 0) is 12.5 Å². The van der Waals surface area contributed by atoms with Gasteiger partial charge in [0.25, 0.3) is 0 Å². The van der Waals surface area contributed by atoms with Crippen LogP contribution < -0.4 is 5.32 Å². The van der Waals surface area contributed by atoms with E-state index < -0.39 is 12.1 Å². The first-order valence-corrected chi connectivity index (χ1v) is 6.50. The molecule has 0 saturated carbocycles. The van der Waals surface area contributed by atoms with Crippen LogP contribution in [0.1, 0.15) is 11.1 Å². The number of hydrogen-bond donors (Lipinski definition) is 1. The summed E-state index contributed by atoms with van der Waals surface area (Å²) in [5.41, 5.74) is 2.21. The molecule has 0 aliphatic carbocycles. The zero-order chi connectivity index (χ0) is 13.9. The molecular formula is C14H19F3N2. The van der Waals surface area contributed by atoms with Gasteiger partial charge in [-0.1, -0.05) is 29.8 Å². The highest BCUT2D eigenvalue weighted by Gasteiger charge is 2.40. The summed E-state index contributed by atoms with van der Waals surface area (Å²) in [6, 6.07) is 7.93. The molecule has 1 aliphatic heterocycles. The van der Waals surface area contributed by atoms with Crippen LogP contribution in [0.5, 0.6) is 0 Å².